The molecule has 18 heavy (non-hydrogen) atoms. The fraction of sp³-hybridized carbons (Fsp3) is 0.0714. The lowest BCUT2D eigenvalue weighted by Gasteiger charge is -2.12. The summed E-state index contributed by atoms with van der Waals surface area (Å²) in [5, 5.41) is 13.5. The number of thiophene rings is 1. The zero-order chi connectivity index (χ0) is 12.5. The van der Waals surface area contributed by atoms with E-state index in [0.717, 1.165) is 15.6 Å². The van der Waals surface area contributed by atoms with Crippen molar-refractivity contribution in [1.82, 2.24) is 4.98 Å². The molecule has 0 radical (unpaired) electrons. The number of nitrogen functional groups attached to an aromatic ring is 1. The van der Waals surface area contributed by atoms with Gasteiger partial charge in [0.25, 0.3) is 0 Å². The van der Waals surface area contributed by atoms with Crippen LogP contribution in [0.4, 0.5) is 5.69 Å². The summed E-state index contributed by atoms with van der Waals surface area (Å²) in [6, 6.07) is 9.72. The number of pyridine rings is 1. The number of aliphatic hydroxyl groups excluding tert-OH is 1. The topological polar surface area (TPSA) is 59.1 Å². The Hall–Kier alpha value is -1.91. The Morgan fingerprint density at radius 3 is 2.83 bits per heavy atom. The lowest BCUT2D eigenvalue weighted by molar-refractivity contribution is 0.222. The maximum absolute atomic E-state index is 10.4. The number of anilines is 1. The highest BCUT2D eigenvalue weighted by molar-refractivity contribution is 7.17. The number of rotatable bonds is 2. The molecule has 1 atom stereocenters. The number of nitrogens with two attached hydrogens (primary N) is 1. The SMILES string of the molecule is Nc1ccncc1C(O)c1csc2ccccc12. The summed E-state index contributed by atoms with van der Waals surface area (Å²) in [6.45, 7) is 0. The number of nitrogens with zero attached hydrogens (tertiary/aromatic N) is 1. The Morgan fingerprint density at radius 1 is 1.17 bits per heavy atom. The number of hydrogen-bond acceptors (Lipinski definition) is 4. The molecule has 0 aliphatic rings. The van der Waals surface area contributed by atoms with Crippen molar-refractivity contribution < 1.29 is 5.11 Å². The number of fused-ring (bicyclic) bond motifs is 1. The Balaban J connectivity index is 2.13. The zero-order valence-corrected chi connectivity index (χ0v) is 10.4. The van der Waals surface area contributed by atoms with Crippen LogP contribution < -0.4 is 5.73 Å². The molecule has 0 saturated carbocycles. The van der Waals surface area contributed by atoms with Crippen LogP contribution in [0.1, 0.15) is 17.2 Å². The monoisotopic (exact) mass is 256 g/mol. The van der Waals surface area contributed by atoms with E-state index in [4.69, 9.17) is 5.73 Å². The van der Waals surface area contributed by atoms with Gasteiger partial charge in [0.15, 0.2) is 0 Å². The smallest absolute Gasteiger partial charge is 0.109 e. The molecule has 0 bridgehead atoms. The molecule has 3 aromatic rings. The highest BCUT2D eigenvalue weighted by Crippen LogP contribution is 2.34. The van der Waals surface area contributed by atoms with Crippen molar-refractivity contribution in [3.63, 3.8) is 0 Å². The molecule has 2 aromatic heterocycles. The number of hydrogen-bond donors (Lipinski definition) is 2. The van der Waals surface area contributed by atoms with Crippen LogP contribution in [0.25, 0.3) is 10.1 Å². The molecule has 0 aliphatic heterocycles. The van der Waals surface area contributed by atoms with Crippen molar-refractivity contribution in [1.29, 1.82) is 0 Å². The van der Waals surface area contributed by atoms with Crippen molar-refractivity contribution >= 4 is 27.1 Å². The molecule has 2 heterocycles. The third kappa shape index (κ3) is 1.75. The fourth-order valence-corrected chi connectivity index (χ4v) is 3.00. The highest BCUT2D eigenvalue weighted by Gasteiger charge is 2.17. The van der Waals surface area contributed by atoms with Crippen molar-refractivity contribution in [2.24, 2.45) is 0 Å². The van der Waals surface area contributed by atoms with Gasteiger partial charge in [-0.05, 0) is 22.9 Å². The summed E-state index contributed by atoms with van der Waals surface area (Å²) in [6.07, 6.45) is 2.51. The summed E-state index contributed by atoms with van der Waals surface area (Å²) in [7, 11) is 0. The summed E-state index contributed by atoms with van der Waals surface area (Å²) < 4.78 is 1.16. The van der Waals surface area contributed by atoms with E-state index in [1.165, 1.54) is 0 Å². The van der Waals surface area contributed by atoms with Gasteiger partial charge in [-0.25, -0.2) is 0 Å². The van der Waals surface area contributed by atoms with Gasteiger partial charge in [-0.1, -0.05) is 18.2 Å². The Kier molecular flexibility index (Phi) is 2.74. The van der Waals surface area contributed by atoms with Gasteiger partial charge < -0.3 is 10.8 Å². The average Bonchev–Trinajstić information content (AvgIpc) is 2.82. The first-order valence-electron chi connectivity index (χ1n) is 5.61. The van der Waals surface area contributed by atoms with Gasteiger partial charge in [0, 0.05) is 33.9 Å². The van der Waals surface area contributed by atoms with E-state index in [1.807, 2.05) is 29.6 Å². The number of aromatic nitrogens is 1. The number of aliphatic hydroxyl groups is 1. The summed E-state index contributed by atoms with van der Waals surface area (Å²) in [5.41, 5.74) is 7.98. The van der Waals surface area contributed by atoms with Crippen LogP contribution in [-0.2, 0) is 0 Å². The molecule has 3 nitrogen and oxygen atoms in total. The molecule has 0 saturated heterocycles. The molecule has 1 unspecified atom stereocenters. The van der Waals surface area contributed by atoms with Gasteiger partial charge in [0.1, 0.15) is 6.10 Å². The highest BCUT2D eigenvalue weighted by atomic mass is 32.1. The van der Waals surface area contributed by atoms with Crippen molar-refractivity contribution in [2.45, 2.75) is 6.10 Å². The van der Waals surface area contributed by atoms with Crippen LogP contribution in [-0.4, -0.2) is 10.1 Å². The van der Waals surface area contributed by atoms with E-state index in [0.29, 0.717) is 11.3 Å². The first kappa shape index (κ1) is 11.2. The molecule has 0 spiro atoms. The molecular weight excluding hydrogens is 244 g/mol. The third-order valence-electron chi connectivity index (χ3n) is 2.99. The second kappa shape index (κ2) is 4.40. The molecule has 4 heteroatoms. The molecular formula is C14H12N2OS. The van der Waals surface area contributed by atoms with Crippen LogP contribution in [0.15, 0.2) is 48.1 Å². The average molecular weight is 256 g/mol. The molecule has 90 valence electrons. The summed E-state index contributed by atoms with van der Waals surface area (Å²) in [5.74, 6) is 0. The van der Waals surface area contributed by atoms with Gasteiger partial charge in [-0.15, -0.1) is 11.3 Å². The third-order valence-corrected chi connectivity index (χ3v) is 3.97. The molecule has 3 N–H and O–H groups in total. The van der Waals surface area contributed by atoms with E-state index >= 15 is 0 Å². The molecule has 0 aliphatic carbocycles. The minimum Gasteiger partial charge on any atom is -0.398 e. The van der Waals surface area contributed by atoms with Crippen LogP contribution >= 0.6 is 11.3 Å². The second-order valence-electron chi connectivity index (χ2n) is 4.09. The first-order chi connectivity index (χ1) is 8.77. The Morgan fingerprint density at radius 2 is 2.00 bits per heavy atom. The van der Waals surface area contributed by atoms with Crippen LogP contribution in [0.2, 0.25) is 0 Å². The minimum absolute atomic E-state index is 0.563. The summed E-state index contributed by atoms with van der Waals surface area (Å²) in [4.78, 5) is 4.02. The van der Waals surface area contributed by atoms with Crippen molar-refractivity contribution in [3.05, 3.63) is 59.2 Å². The van der Waals surface area contributed by atoms with Gasteiger partial charge in [0.05, 0.1) is 0 Å². The predicted octanol–water partition coefficient (Wildman–Crippen LogP) is 2.96. The van der Waals surface area contributed by atoms with Gasteiger partial charge >= 0.3 is 0 Å². The van der Waals surface area contributed by atoms with E-state index < -0.39 is 6.10 Å². The van der Waals surface area contributed by atoms with E-state index in [1.54, 1.807) is 29.8 Å². The Bertz CT molecular complexity index is 693. The Labute approximate surface area is 109 Å². The van der Waals surface area contributed by atoms with Gasteiger partial charge in [-0.3, -0.25) is 4.98 Å². The van der Waals surface area contributed by atoms with Crippen molar-refractivity contribution in [2.75, 3.05) is 5.73 Å². The normalized spacial score (nSPS) is 12.7. The largest absolute Gasteiger partial charge is 0.398 e. The predicted molar refractivity (Wildman–Crippen MR) is 74.5 cm³/mol. The van der Waals surface area contributed by atoms with E-state index in [-0.39, 0.29) is 0 Å². The first-order valence-corrected chi connectivity index (χ1v) is 6.49. The van der Waals surface area contributed by atoms with Crippen LogP contribution in [0.3, 0.4) is 0 Å². The van der Waals surface area contributed by atoms with E-state index in [2.05, 4.69) is 4.98 Å². The summed E-state index contributed by atoms with van der Waals surface area (Å²) >= 11 is 1.62. The van der Waals surface area contributed by atoms with Crippen LogP contribution in [0.5, 0.6) is 0 Å². The molecule has 0 fully saturated rings. The quantitative estimate of drug-likeness (QED) is 0.741. The van der Waals surface area contributed by atoms with Gasteiger partial charge in [0.2, 0.25) is 0 Å². The molecule has 1 aromatic carbocycles. The zero-order valence-electron chi connectivity index (χ0n) is 9.58. The minimum atomic E-state index is -0.727. The lowest BCUT2D eigenvalue weighted by Crippen LogP contribution is -2.03. The van der Waals surface area contributed by atoms with Crippen molar-refractivity contribution in [3.8, 4) is 0 Å². The van der Waals surface area contributed by atoms with Crippen LogP contribution in [0, 0.1) is 0 Å². The van der Waals surface area contributed by atoms with Gasteiger partial charge in [-0.2, -0.15) is 0 Å². The number of benzene rings is 1. The maximum Gasteiger partial charge on any atom is 0.109 e. The standard InChI is InChI=1S/C14H12N2OS/c15-12-5-6-16-7-10(12)14(17)11-8-18-13-4-2-1-3-9(11)13/h1-8,14,17H,(H2,15,16). The molecule has 3 rings (SSSR count). The molecule has 0 amide bonds. The second-order valence-corrected chi connectivity index (χ2v) is 5.01. The van der Waals surface area contributed by atoms with E-state index in [9.17, 15) is 5.11 Å². The fourth-order valence-electron chi connectivity index (χ4n) is 2.02. The lowest BCUT2D eigenvalue weighted by atomic mass is 10.0. The maximum atomic E-state index is 10.4.